The first-order valence-corrected chi connectivity index (χ1v) is 6.30. The van der Waals surface area contributed by atoms with Crippen LogP contribution in [0.15, 0.2) is 5.38 Å². The van der Waals surface area contributed by atoms with Gasteiger partial charge in [-0.1, -0.05) is 13.8 Å². The molecule has 1 heterocycles. The average molecular weight is 256 g/mol. The van der Waals surface area contributed by atoms with Crippen LogP contribution in [0.3, 0.4) is 0 Å². The largest absolute Gasteiger partial charge is 0.480 e. The van der Waals surface area contributed by atoms with Gasteiger partial charge in [-0.15, -0.1) is 11.3 Å². The number of aromatic nitrogens is 1. The number of rotatable bonds is 5. The van der Waals surface area contributed by atoms with Crippen molar-refractivity contribution in [2.24, 2.45) is 0 Å². The van der Waals surface area contributed by atoms with E-state index in [-0.39, 0.29) is 18.4 Å². The molecule has 1 aromatic rings. The van der Waals surface area contributed by atoms with Gasteiger partial charge in [0.2, 0.25) is 0 Å². The molecule has 1 aromatic heterocycles. The van der Waals surface area contributed by atoms with Gasteiger partial charge in [0.15, 0.2) is 0 Å². The second-order valence-corrected chi connectivity index (χ2v) is 4.83. The van der Waals surface area contributed by atoms with Crippen LogP contribution in [-0.2, 0) is 4.79 Å². The Morgan fingerprint density at radius 3 is 2.59 bits per heavy atom. The van der Waals surface area contributed by atoms with Crippen LogP contribution in [0.5, 0.6) is 0 Å². The fraction of sp³-hybridized carbons (Fsp3) is 0.545. The zero-order chi connectivity index (χ0) is 13.0. The molecule has 0 fully saturated rings. The van der Waals surface area contributed by atoms with Gasteiger partial charge in [0, 0.05) is 17.8 Å². The molecule has 1 amide bonds. The molecule has 1 rings (SSSR count). The quantitative estimate of drug-likeness (QED) is 0.872. The fourth-order valence-electron chi connectivity index (χ4n) is 1.30. The SMILES string of the molecule is CCN(CC(=O)O)C(=O)c1csc(C(C)C)n1. The Hall–Kier alpha value is -1.43. The molecule has 0 aromatic carbocycles. The van der Waals surface area contributed by atoms with E-state index in [1.54, 1.807) is 12.3 Å². The van der Waals surface area contributed by atoms with Crippen molar-refractivity contribution < 1.29 is 14.7 Å². The van der Waals surface area contributed by atoms with Gasteiger partial charge in [0.25, 0.3) is 5.91 Å². The Morgan fingerprint density at radius 2 is 2.18 bits per heavy atom. The molecule has 0 bridgehead atoms. The van der Waals surface area contributed by atoms with Crippen LogP contribution in [0, 0.1) is 0 Å². The normalized spacial score (nSPS) is 10.6. The summed E-state index contributed by atoms with van der Waals surface area (Å²) < 4.78 is 0. The summed E-state index contributed by atoms with van der Waals surface area (Å²) in [4.78, 5) is 28.0. The molecule has 0 saturated heterocycles. The van der Waals surface area contributed by atoms with E-state index in [2.05, 4.69) is 4.98 Å². The van der Waals surface area contributed by atoms with Crippen molar-refractivity contribution in [1.82, 2.24) is 9.88 Å². The maximum Gasteiger partial charge on any atom is 0.323 e. The number of aliphatic carboxylic acids is 1. The number of nitrogens with zero attached hydrogens (tertiary/aromatic N) is 2. The number of hydrogen-bond donors (Lipinski definition) is 1. The molecule has 0 saturated carbocycles. The third-order valence-corrected chi connectivity index (χ3v) is 3.38. The summed E-state index contributed by atoms with van der Waals surface area (Å²) >= 11 is 1.43. The van der Waals surface area contributed by atoms with E-state index in [1.165, 1.54) is 16.2 Å². The zero-order valence-electron chi connectivity index (χ0n) is 10.1. The molecule has 0 radical (unpaired) electrons. The van der Waals surface area contributed by atoms with E-state index in [0.29, 0.717) is 12.2 Å². The minimum atomic E-state index is -1.01. The zero-order valence-corrected chi connectivity index (χ0v) is 11.0. The Kier molecular flexibility index (Phi) is 4.62. The Bertz CT molecular complexity index is 415. The van der Waals surface area contributed by atoms with Crippen molar-refractivity contribution >= 4 is 23.2 Å². The molecule has 5 nitrogen and oxygen atoms in total. The van der Waals surface area contributed by atoms with Crippen LogP contribution in [0.25, 0.3) is 0 Å². The van der Waals surface area contributed by atoms with Crippen molar-refractivity contribution in [3.05, 3.63) is 16.1 Å². The third kappa shape index (κ3) is 3.52. The molecular weight excluding hydrogens is 240 g/mol. The molecular formula is C11H16N2O3S. The molecule has 6 heteroatoms. The molecule has 0 spiro atoms. The summed E-state index contributed by atoms with van der Waals surface area (Å²) in [7, 11) is 0. The van der Waals surface area contributed by atoms with Crippen LogP contribution in [0.1, 0.15) is 42.2 Å². The Labute approximate surface area is 104 Å². The molecule has 0 atom stereocenters. The van der Waals surface area contributed by atoms with Crippen molar-refractivity contribution in [1.29, 1.82) is 0 Å². The van der Waals surface area contributed by atoms with Crippen LogP contribution in [-0.4, -0.2) is 40.0 Å². The number of carboxylic acids is 1. The number of likely N-dealkylation sites (N-methyl/N-ethyl adjacent to an activating group) is 1. The first-order chi connectivity index (χ1) is 7.95. The highest BCUT2D eigenvalue weighted by molar-refractivity contribution is 7.09. The van der Waals surface area contributed by atoms with E-state index in [4.69, 9.17) is 5.11 Å². The van der Waals surface area contributed by atoms with Gasteiger partial charge in [-0.3, -0.25) is 9.59 Å². The monoisotopic (exact) mass is 256 g/mol. The van der Waals surface area contributed by atoms with Gasteiger partial charge >= 0.3 is 5.97 Å². The summed E-state index contributed by atoms with van der Waals surface area (Å²) in [5.74, 6) is -1.06. The van der Waals surface area contributed by atoms with Crippen molar-refractivity contribution in [2.45, 2.75) is 26.7 Å². The lowest BCUT2D eigenvalue weighted by Crippen LogP contribution is -2.35. The maximum absolute atomic E-state index is 12.0. The molecule has 0 aliphatic rings. The fourth-order valence-corrected chi connectivity index (χ4v) is 2.11. The highest BCUT2D eigenvalue weighted by Gasteiger charge is 2.20. The lowest BCUT2D eigenvalue weighted by Gasteiger charge is -2.16. The Morgan fingerprint density at radius 1 is 1.53 bits per heavy atom. The van der Waals surface area contributed by atoms with Gasteiger partial charge in [-0.05, 0) is 6.92 Å². The topological polar surface area (TPSA) is 70.5 Å². The number of carbonyl (C=O) groups is 2. The summed E-state index contributed by atoms with van der Waals surface area (Å²) in [5.41, 5.74) is 0.335. The van der Waals surface area contributed by atoms with Crippen LogP contribution in [0.2, 0.25) is 0 Å². The summed E-state index contributed by atoms with van der Waals surface area (Å²) in [6, 6.07) is 0. The van der Waals surface area contributed by atoms with E-state index >= 15 is 0 Å². The molecule has 0 aliphatic carbocycles. The summed E-state index contributed by atoms with van der Waals surface area (Å²) in [6.07, 6.45) is 0. The summed E-state index contributed by atoms with van der Waals surface area (Å²) in [6.45, 7) is 5.82. The lowest BCUT2D eigenvalue weighted by atomic mass is 10.2. The van der Waals surface area contributed by atoms with Crippen molar-refractivity contribution in [3.63, 3.8) is 0 Å². The van der Waals surface area contributed by atoms with Crippen molar-refractivity contribution in [2.75, 3.05) is 13.1 Å². The van der Waals surface area contributed by atoms with Gasteiger partial charge in [0.05, 0.1) is 5.01 Å². The van der Waals surface area contributed by atoms with Gasteiger partial charge in [-0.2, -0.15) is 0 Å². The molecule has 1 N–H and O–H groups in total. The summed E-state index contributed by atoms with van der Waals surface area (Å²) in [5, 5.41) is 11.3. The minimum Gasteiger partial charge on any atom is -0.480 e. The van der Waals surface area contributed by atoms with E-state index in [9.17, 15) is 9.59 Å². The smallest absolute Gasteiger partial charge is 0.323 e. The van der Waals surface area contributed by atoms with Gasteiger partial charge < -0.3 is 10.0 Å². The van der Waals surface area contributed by atoms with Gasteiger partial charge in [-0.25, -0.2) is 4.98 Å². The second kappa shape index (κ2) is 5.77. The number of amides is 1. The van der Waals surface area contributed by atoms with Crippen LogP contribution in [0.4, 0.5) is 0 Å². The predicted molar refractivity (Wildman–Crippen MR) is 65.4 cm³/mol. The molecule has 17 heavy (non-hydrogen) atoms. The molecule has 0 aliphatic heterocycles. The number of carboxylic acid groups (broad SMARTS) is 1. The van der Waals surface area contributed by atoms with Gasteiger partial charge in [0.1, 0.15) is 12.2 Å². The second-order valence-electron chi connectivity index (χ2n) is 3.94. The van der Waals surface area contributed by atoms with Crippen LogP contribution < -0.4 is 0 Å². The van der Waals surface area contributed by atoms with Crippen LogP contribution >= 0.6 is 11.3 Å². The van der Waals surface area contributed by atoms with E-state index < -0.39 is 5.97 Å². The number of hydrogen-bond acceptors (Lipinski definition) is 4. The first kappa shape index (κ1) is 13.6. The Balaban J connectivity index is 2.82. The third-order valence-electron chi connectivity index (χ3n) is 2.23. The minimum absolute atomic E-state index is 0.274. The van der Waals surface area contributed by atoms with E-state index in [1.807, 2.05) is 13.8 Å². The van der Waals surface area contributed by atoms with Crippen molar-refractivity contribution in [3.8, 4) is 0 Å². The first-order valence-electron chi connectivity index (χ1n) is 5.42. The van der Waals surface area contributed by atoms with E-state index in [0.717, 1.165) is 5.01 Å². The number of carbonyl (C=O) groups excluding carboxylic acids is 1. The highest BCUT2D eigenvalue weighted by atomic mass is 32.1. The average Bonchev–Trinajstić information content (AvgIpc) is 2.73. The lowest BCUT2D eigenvalue weighted by molar-refractivity contribution is -0.137. The maximum atomic E-state index is 12.0. The standard InChI is InChI=1S/C11H16N2O3S/c1-4-13(5-9(14)15)11(16)8-6-17-10(12-8)7(2)3/h6-7H,4-5H2,1-3H3,(H,14,15). The highest BCUT2D eigenvalue weighted by Crippen LogP contribution is 2.19. The molecule has 0 unspecified atom stereocenters. The number of thiazole rings is 1. The predicted octanol–water partition coefficient (Wildman–Crippen LogP) is 1.81. The molecule has 94 valence electrons.